The van der Waals surface area contributed by atoms with Crippen LogP contribution in [0.1, 0.15) is 105 Å². The zero-order valence-corrected chi connectivity index (χ0v) is 27.5. The van der Waals surface area contributed by atoms with Gasteiger partial charge >= 0.3 is 16.2 Å². The standard InChI is InChI=1S/C34H53NO6S/c1-7-8-15-39-32(36)35-20-21(2)16-30-31(35)23(4)34(40-30)14-12-26-27-10-9-24-17-25(41-42(6,37)38)11-13-33(24,5)29(27)18-28(26)22(3)19-34/h11,21,23-24,26-27,29-31H,7-10,12-20H2,1-6H3/t21-,23+,24+,26-,27-,29-,30+,31-,33-,34-/m0/s1. The molecule has 0 radical (unpaired) electrons. The molecule has 1 spiro atoms. The van der Waals surface area contributed by atoms with E-state index in [1.54, 1.807) is 5.57 Å². The highest BCUT2D eigenvalue weighted by molar-refractivity contribution is 7.86. The lowest BCUT2D eigenvalue weighted by atomic mass is 9.53. The molecule has 6 rings (SSSR count). The number of allylic oxidation sites excluding steroid dienone is 3. The van der Waals surface area contributed by atoms with E-state index in [0.29, 0.717) is 42.0 Å². The molecule has 2 saturated carbocycles. The Balaban J connectivity index is 1.22. The summed E-state index contributed by atoms with van der Waals surface area (Å²) in [6.07, 6.45) is 14.4. The van der Waals surface area contributed by atoms with E-state index in [1.807, 2.05) is 4.90 Å². The molecule has 7 nitrogen and oxygen atoms in total. The minimum absolute atomic E-state index is 0.0812. The maximum absolute atomic E-state index is 13.3. The maximum atomic E-state index is 13.3. The van der Waals surface area contributed by atoms with Crippen LogP contribution in [0.3, 0.4) is 0 Å². The van der Waals surface area contributed by atoms with E-state index in [0.717, 1.165) is 77.0 Å². The number of hydrogen-bond donors (Lipinski definition) is 0. The molecule has 0 aromatic rings. The van der Waals surface area contributed by atoms with Gasteiger partial charge in [0.25, 0.3) is 0 Å². The molecule has 2 heterocycles. The number of piperidine rings is 1. The third-order valence-corrected chi connectivity index (χ3v) is 13.1. The number of amides is 1. The van der Waals surface area contributed by atoms with Crippen molar-refractivity contribution in [2.45, 2.75) is 123 Å². The average molecular weight is 604 g/mol. The van der Waals surface area contributed by atoms with Gasteiger partial charge in [-0.3, -0.25) is 0 Å². The third-order valence-electron chi connectivity index (χ3n) is 12.6. The molecule has 42 heavy (non-hydrogen) atoms. The summed E-state index contributed by atoms with van der Waals surface area (Å²) < 4.78 is 41.8. The van der Waals surface area contributed by atoms with Gasteiger partial charge in [0.15, 0.2) is 0 Å². The van der Waals surface area contributed by atoms with E-state index < -0.39 is 10.1 Å². The second-order valence-electron chi connectivity index (χ2n) is 15.2. The van der Waals surface area contributed by atoms with Gasteiger partial charge in [-0.05, 0) is 106 Å². The predicted molar refractivity (Wildman–Crippen MR) is 163 cm³/mol. The number of carbonyl (C=O) groups is 1. The van der Waals surface area contributed by atoms with Gasteiger partial charge in [-0.15, -0.1) is 0 Å². The lowest BCUT2D eigenvalue weighted by Crippen LogP contribution is -2.54. The molecule has 0 aromatic heterocycles. The molecule has 236 valence electrons. The van der Waals surface area contributed by atoms with Crippen LogP contribution in [0.2, 0.25) is 0 Å². The maximum Gasteiger partial charge on any atom is 0.410 e. The van der Waals surface area contributed by atoms with Gasteiger partial charge in [-0.25, -0.2) is 4.79 Å². The van der Waals surface area contributed by atoms with Gasteiger partial charge in [0.2, 0.25) is 0 Å². The average Bonchev–Trinajstić information content (AvgIpc) is 3.37. The Morgan fingerprint density at radius 3 is 2.71 bits per heavy atom. The van der Waals surface area contributed by atoms with E-state index in [4.69, 9.17) is 13.7 Å². The highest BCUT2D eigenvalue weighted by Gasteiger charge is 2.60. The fourth-order valence-electron chi connectivity index (χ4n) is 10.5. The molecule has 2 aliphatic heterocycles. The van der Waals surface area contributed by atoms with Crippen molar-refractivity contribution >= 4 is 16.2 Å². The lowest BCUT2D eigenvalue weighted by Gasteiger charge is -2.51. The molecule has 4 aliphatic carbocycles. The van der Waals surface area contributed by atoms with Crippen molar-refractivity contribution in [1.29, 1.82) is 0 Å². The molecule has 0 bridgehead atoms. The predicted octanol–water partition coefficient (Wildman–Crippen LogP) is 7.23. The van der Waals surface area contributed by atoms with Gasteiger partial charge in [0.1, 0.15) is 5.76 Å². The van der Waals surface area contributed by atoms with Crippen molar-refractivity contribution in [3.05, 3.63) is 23.0 Å². The molecule has 2 saturated heterocycles. The highest BCUT2D eigenvalue weighted by Crippen LogP contribution is 2.65. The smallest absolute Gasteiger partial charge is 0.410 e. The van der Waals surface area contributed by atoms with Crippen LogP contribution in [0.25, 0.3) is 0 Å². The first-order valence-corrected chi connectivity index (χ1v) is 18.5. The van der Waals surface area contributed by atoms with Gasteiger partial charge in [0, 0.05) is 18.9 Å². The minimum Gasteiger partial charge on any atom is -0.449 e. The molecule has 1 amide bonds. The van der Waals surface area contributed by atoms with Crippen LogP contribution in [0.4, 0.5) is 4.79 Å². The number of rotatable bonds is 5. The Morgan fingerprint density at radius 2 is 1.98 bits per heavy atom. The topological polar surface area (TPSA) is 82.1 Å². The number of carbonyl (C=O) groups excluding carboxylic acids is 1. The van der Waals surface area contributed by atoms with Crippen LogP contribution >= 0.6 is 0 Å². The van der Waals surface area contributed by atoms with Crippen molar-refractivity contribution in [2.24, 2.45) is 40.9 Å². The lowest BCUT2D eigenvalue weighted by molar-refractivity contribution is -0.0793. The monoisotopic (exact) mass is 603 g/mol. The van der Waals surface area contributed by atoms with E-state index in [-0.39, 0.29) is 35.2 Å². The SMILES string of the molecule is CCCCOC(=O)N1C[C@@H](C)C[C@H]2O[C@]3(CC[C@@H]4C(=C(C)C3)C[C@H]3[C@H]4CC[C@@H]4CC(OS(C)(=O)=O)=CC[C@@]43C)[C@H](C)[C@@H]21. The second kappa shape index (κ2) is 11.1. The number of fused-ring (bicyclic) bond motifs is 6. The van der Waals surface area contributed by atoms with Gasteiger partial charge in [0.05, 0.1) is 30.6 Å². The molecule has 0 aromatic carbocycles. The zero-order valence-electron chi connectivity index (χ0n) is 26.7. The van der Waals surface area contributed by atoms with Crippen molar-refractivity contribution in [3.8, 4) is 0 Å². The number of unbranched alkanes of at least 4 members (excludes halogenated alkanes) is 1. The summed E-state index contributed by atoms with van der Waals surface area (Å²) in [4.78, 5) is 15.3. The van der Waals surface area contributed by atoms with Crippen LogP contribution in [0.5, 0.6) is 0 Å². The van der Waals surface area contributed by atoms with Crippen LogP contribution in [0.15, 0.2) is 23.0 Å². The summed E-state index contributed by atoms with van der Waals surface area (Å²) in [5.41, 5.74) is 3.17. The van der Waals surface area contributed by atoms with Crippen LogP contribution < -0.4 is 0 Å². The zero-order chi connectivity index (χ0) is 30.0. The summed E-state index contributed by atoms with van der Waals surface area (Å²) in [5, 5.41) is 0. The quantitative estimate of drug-likeness (QED) is 0.187. The van der Waals surface area contributed by atoms with Crippen LogP contribution in [-0.4, -0.2) is 56.6 Å². The van der Waals surface area contributed by atoms with Crippen molar-refractivity contribution in [2.75, 3.05) is 19.4 Å². The van der Waals surface area contributed by atoms with E-state index in [2.05, 4.69) is 40.7 Å². The largest absolute Gasteiger partial charge is 0.449 e. The van der Waals surface area contributed by atoms with Crippen molar-refractivity contribution < 1.29 is 26.9 Å². The summed E-state index contributed by atoms with van der Waals surface area (Å²) in [6.45, 7) is 12.8. The summed E-state index contributed by atoms with van der Waals surface area (Å²) in [5.74, 6) is 3.72. The first-order valence-electron chi connectivity index (χ1n) is 16.7. The Hall–Kier alpha value is -1.54. The molecular weight excluding hydrogens is 550 g/mol. The molecule has 10 atom stereocenters. The van der Waals surface area contributed by atoms with Gasteiger partial charge in [-0.2, -0.15) is 8.42 Å². The molecule has 8 heteroatoms. The number of nitrogens with zero attached hydrogens (tertiary/aromatic N) is 1. The van der Waals surface area contributed by atoms with Gasteiger partial charge in [-0.1, -0.05) is 45.3 Å². The van der Waals surface area contributed by atoms with E-state index in [9.17, 15) is 13.2 Å². The minimum atomic E-state index is -3.48. The number of hydrogen-bond acceptors (Lipinski definition) is 6. The fourth-order valence-corrected chi connectivity index (χ4v) is 11.0. The normalized spacial score (nSPS) is 43.2. The number of likely N-dealkylation sites (tertiary alicyclic amines) is 1. The molecule has 0 N–H and O–H groups in total. The van der Waals surface area contributed by atoms with Crippen molar-refractivity contribution in [3.63, 3.8) is 0 Å². The highest BCUT2D eigenvalue weighted by atomic mass is 32.2. The Morgan fingerprint density at radius 1 is 1.19 bits per heavy atom. The van der Waals surface area contributed by atoms with E-state index >= 15 is 0 Å². The molecule has 0 unspecified atom stereocenters. The fraction of sp³-hybridized carbons (Fsp3) is 0.853. The second-order valence-corrected chi connectivity index (χ2v) is 16.8. The Bertz CT molecular complexity index is 1240. The van der Waals surface area contributed by atoms with Crippen molar-refractivity contribution in [1.82, 2.24) is 4.90 Å². The summed E-state index contributed by atoms with van der Waals surface area (Å²) >= 11 is 0. The first-order chi connectivity index (χ1) is 19.8. The van der Waals surface area contributed by atoms with E-state index in [1.165, 1.54) is 12.0 Å². The summed E-state index contributed by atoms with van der Waals surface area (Å²) in [7, 11) is -3.48. The first kappa shape index (κ1) is 30.5. The summed E-state index contributed by atoms with van der Waals surface area (Å²) in [6, 6.07) is 0.0885. The molecule has 6 aliphatic rings. The number of ether oxygens (including phenoxy) is 2. The van der Waals surface area contributed by atoms with Gasteiger partial charge < -0.3 is 18.6 Å². The van der Waals surface area contributed by atoms with Crippen LogP contribution in [-0.2, 0) is 23.8 Å². The molecular formula is C34H53NO6S. The Labute approximate surface area is 253 Å². The third kappa shape index (κ3) is 5.24. The Kier molecular flexibility index (Phi) is 8.07. The molecule has 4 fully saturated rings. The van der Waals surface area contributed by atoms with Crippen LogP contribution in [0, 0.1) is 40.9 Å².